The number of aromatic nitrogens is 2. The van der Waals surface area contributed by atoms with Crippen molar-refractivity contribution in [3.05, 3.63) is 28.7 Å². The van der Waals surface area contributed by atoms with Gasteiger partial charge in [-0.2, -0.15) is 0 Å². The minimum absolute atomic E-state index is 0.114. The Hall–Kier alpha value is -1.73. The van der Waals surface area contributed by atoms with E-state index >= 15 is 0 Å². The van der Waals surface area contributed by atoms with Gasteiger partial charge in [-0.15, -0.1) is 10.2 Å². The number of anilines is 1. The highest BCUT2D eigenvalue weighted by atomic mass is 32.1. The molecule has 0 unspecified atom stereocenters. The second-order valence-corrected chi connectivity index (χ2v) is 6.74. The van der Waals surface area contributed by atoms with Gasteiger partial charge < -0.3 is 9.15 Å². The molecule has 0 spiro atoms. The number of carbonyl (C=O) groups excluding carboxylic acids is 1. The van der Waals surface area contributed by atoms with Crippen molar-refractivity contribution in [2.75, 3.05) is 5.32 Å². The molecule has 7 heteroatoms. The molecule has 2 aromatic heterocycles. The van der Waals surface area contributed by atoms with Crippen LogP contribution in [0, 0.1) is 5.92 Å². The van der Waals surface area contributed by atoms with Gasteiger partial charge in [0, 0.05) is 6.42 Å². The lowest BCUT2D eigenvalue weighted by Crippen LogP contribution is -2.10. The Morgan fingerprint density at radius 3 is 2.77 bits per heavy atom. The van der Waals surface area contributed by atoms with Crippen molar-refractivity contribution in [2.45, 2.75) is 46.8 Å². The van der Waals surface area contributed by atoms with Gasteiger partial charge in [0.05, 0.1) is 6.10 Å². The number of nitrogens with one attached hydrogen (secondary N) is 1. The second kappa shape index (κ2) is 7.51. The van der Waals surface area contributed by atoms with Gasteiger partial charge in [0.25, 0.3) is 5.91 Å². The number of rotatable bonds is 7. The van der Waals surface area contributed by atoms with Crippen LogP contribution < -0.4 is 5.32 Å². The number of amides is 1. The van der Waals surface area contributed by atoms with Crippen LogP contribution in [0.5, 0.6) is 0 Å². The predicted octanol–water partition coefficient (Wildman–Crippen LogP) is 3.51. The normalized spacial score (nSPS) is 11.4. The van der Waals surface area contributed by atoms with Crippen LogP contribution in [0.2, 0.25) is 0 Å². The van der Waals surface area contributed by atoms with Crippen LogP contribution >= 0.6 is 11.3 Å². The smallest absolute Gasteiger partial charge is 0.293 e. The fourth-order valence-corrected chi connectivity index (χ4v) is 2.67. The molecule has 1 N–H and O–H groups in total. The molecule has 0 radical (unpaired) electrons. The zero-order valence-corrected chi connectivity index (χ0v) is 14.1. The maximum absolute atomic E-state index is 12.1. The van der Waals surface area contributed by atoms with Crippen LogP contribution in [0.4, 0.5) is 5.13 Å². The maximum atomic E-state index is 12.1. The Labute approximate surface area is 133 Å². The van der Waals surface area contributed by atoms with E-state index < -0.39 is 0 Å². The molecule has 120 valence electrons. The van der Waals surface area contributed by atoms with Crippen LogP contribution in [0.15, 0.2) is 16.5 Å². The number of hydrogen-bond donors (Lipinski definition) is 1. The van der Waals surface area contributed by atoms with Crippen molar-refractivity contribution >= 4 is 22.4 Å². The molecular formula is C15H21N3O3S. The summed E-state index contributed by atoms with van der Waals surface area (Å²) in [6.45, 7) is 8.47. The molecule has 1 amide bonds. The third-order valence-electron chi connectivity index (χ3n) is 2.71. The molecule has 6 nitrogen and oxygen atoms in total. The van der Waals surface area contributed by atoms with E-state index in [1.165, 1.54) is 11.3 Å². The first-order valence-corrected chi connectivity index (χ1v) is 8.09. The molecule has 2 rings (SSSR count). The van der Waals surface area contributed by atoms with Crippen molar-refractivity contribution < 1.29 is 13.9 Å². The van der Waals surface area contributed by atoms with E-state index in [0.29, 0.717) is 23.4 Å². The highest BCUT2D eigenvalue weighted by Gasteiger charge is 2.14. The van der Waals surface area contributed by atoms with Crippen LogP contribution in [-0.2, 0) is 17.8 Å². The fraction of sp³-hybridized carbons (Fsp3) is 0.533. The molecule has 0 fully saturated rings. The topological polar surface area (TPSA) is 77.2 Å². The summed E-state index contributed by atoms with van der Waals surface area (Å²) in [5.74, 6) is 1.03. The molecule has 0 atom stereocenters. The van der Waals surface area contributed by atoms with Gasteiger partial charge in [-0.1, -0.05) is 25.2 Å². The standard InChI is InChI=1S/C15H21N3O3S/c1-9(2)7-13-17-18-15(22-13)16-14(19)12-6-5-11(21-12)8-20-10(3)4/h5-6,9-10H,7-8H2,1-4H3,(H,16,18,19). The third-order valence-corrected chi connectivity index (χ3v) is 3.58. The van der Waals surface area contributed by atoms with Gasteiger partial charge in [-0.25, -0.2) is 0 Å². The molecule has 0 aliphatic rings. The number of nitrogens with zero attached hydrogens (tertiary/aromatic N) is 2. The Balaban J connectivity index is 1.93. The summed E-state index contributed by atoms with van der Waals surface area (Å²) in [6.07, 6.45) is 0.966. The largest absolute Gasteiger partial charge is 0.453 e. The van der Waals surface area contributed by atoms with Crippen LogP contribution in [0.25, 0.3) is 0 Å². The zero-order chi connectivity index (χ0) is 16.1. The van der Waals surface area contributed by atoms with Crippen molar-refractivity contribution in [1.82, 2.24) is 10.2 Å². The third kappa shape index (κ3) is 4.92. The van der Waals surface area contributed by atoms with Gasteiger partial charge >= 0.3 is 0 Å². The Morgan fingerprint density at radius 1 is 1.32 bits per heavy atom. The minimum Gasteiger partial charge on any atom is -0.453 e. The summed E-state index contributed by atoms with van der Waals surface area (Å²) in [4.78, 5) is 12.1. The highest BCUT2D eigenvalue weighted by Crippen LogP contribution is 2.19. The Kier molecular flexibility index (Phi) is 5.68. The first kappa shape index (κ1) is 16.6. The lowest BCUT2D eigenvalue weighted by atomic mass is 10.1. The Morgan fingerprint density at radius 2 is 2.09 bits per heavy atom. The van der Waals surface area contributed by atoms with Gasteiger partial charge in [-0.3, -0.25) is 10.1 Å². The molecule has 0 bridgehead atoms. The van der Waals surface area contributed by atoms with E-state index in [4.69, 9.17) is 9.15 Å². The van der Waals surface area contributed by atoms with E-state index in [0.717, 1.165) is 11.4 Å². The first-order chi connectivity index (χ1) is 10.4. The predicted molar refractivity (Wildman–Crippen MR) is 85.0 cm³/mol. The van der Waals surface area contributed by atoms with Crippen molar-refractivity contribution in [3.63, 3.8) is 0 Å². The number of ether oxygens (including phenoxy) is 1. The van der Waals surface area contributed by atoms with E-state index in [2.05, 4.69) is 29.4 Å². The van der Waals surface area contributed by atoms with Gasteiger partial charge in [0.1, 0.15) is 17.4 Å². The lowest BCUT2D eigenvalue weighted by molar-refractivity contribution is 0.0537. The van der Waals surface area contributed by atoms with Crippen molar-refractivity contribution in [3.8, 4) is 0 Å². The van der Waals surface area contributed by atoms with E-state index in [1.807, 2.05) is 13.8 Å². The quantitative estimate of drug-likeness (QED) is 0.843. The van der Waals surface area contributed by atoms with Crippen LogP contribution in [-0.4, -0.2) is 22.2 Å². The zero-order valence-electron chi connectivity index (χ0n) is 13.3. The van der Waals surface area contributed by atoms with Crippen molar-refractivity contribution in [1.29, 1.82) is 0 Å². The molecule has 0 saturated heterocycles. The molecule has 2 heterocycles. The summed E-state index contributed by atoms with van der Waals surface area (Å²) in [6, 6.07) is 3.37. The molecule has 0 aliphatic heterocycles. The molecular weight excluding hydrogens is 302 g/mol. The van der Waals surface area contributed by atoms with Crippen LogP contribution in [0.1, 0.15) is 49.0 Å². The fourth-order valence-electron chi connectivity index (χ4n) is 1.72. The van der Waals surface area contributed by atoms with Gasteiger partial charge in [0.15, 0.2) is 5.76 Å². The average molecular weight is 323 g/mol. The highest BCUT2D eigenvalue weighted by molar-refractivity contribution is 7.15. The van der Waals surface area contributed by atoms with E-state index in [9.17, 15) is 4.79 Å². The van der Waals surface area contributed by atoms with E-state index in [1.54, 1.807) is 12.1 Å². The summed E-state index contributed by atoms with van der Waals surface area (Å²) >= 11 is 1.38. The Bertz CT molecular complexity index is 619. The molecule has 0 aliphatic carbocycles. The first-order valence-electron chi connectivity index (χ1n) is 7.28. The van der Waals surface area contributed by atoms with E-state index in [-0.39, 0.29) is 17.8 Å². The lowest BCUT2D eigenvalue weighted by Gasteiger charge is -2.04. The molecule has 0 aromatic carbocycles. The molecule has 0 saturated carbocycles. The number of carbonyl (C=O) groups is 1. The van der Waals surface area contributed by atoms with Gasteiger partial charge in [0.2, 0.25) is 5.13 Å². The summed E-state index contributed by atoms with van der Waals surface area (Å²) in [7, 11) is 0. The van der Waals surface area contributed by atoms with Crippen LogP contribution in [0.3, 0.4) is 0 Å². The number of hydrogen-bond acceptors (Lipinski definition) is 6. The van der Waals surface area contributed by atoms with Crippen molar-refractivity contribution in [2.24, 2.45) is 5.92 Å². The summed E-state index contributed by atoms with van der Waals surface area (Å²) in [5, 5.41) is 12.1. The summed E-state index contributed by atoms with van der Waals surface area (Å²) in [5.41, 5.74) is 0. The average Bonchev–Trinajstić information content (AvgIpc) is 3.05. The molecule has 2 aromatic rings. The number of furan rings is 1. The monoisotopic (exact) mass is 323 g/mol. The van der Waals surface area contributed by atoms with Gasteiger partial charge in [-0.05, 0) is 31.9 Å². The molecule has 22 heavy (non-hydrogen) atoms. The minimum atomic E-state index is -0.331. The SMILES string of the molecule is CC(C)Cc1nnc(NC(=O)c2ccc(COC(C)C)o2)s1. The second-order valence-electron chi connectivity index (χ2n) is 5.68. The maximum Gasteiger partial charge on any atom is 0.293 e. The summed E-state index contributed by atoms with van der Waals surface area (Å²) < 4.78 is 10.9.